The van der Waals surface area contributed by atoms with E-state index >= 15 is 0 Å². The Kier molecular flexibility index (Phi) is 4.60. The number of sulfonamides is 1. The van der Waals surface area contributed by atoms with Crippen LogP contribution >= 0.6 is 15.9 Å². The van der Waals surface area contributed by atoms with Crippen molar-refractivity contribution in [3.05, 3.63) is 28.5 Å². The van der Waals surface area contributed by atoms with Gasteiger partial charge in [-0.1, -0.05) is 12.8 Å². The van der Waals surface area contributed by atoms with Crippen LogP contribution in [0.2, 0.25) is 0 Å². The molecular weight excluding hydrogens is 335 g/mol. The highest BCUT2D eigenvalue weighted by atomic mass is 79.9. The zero-order valence-electron chi connectivity index (χ0n) is 10.3. The summed E-state index contributed by atoms with van der Waals surface area (Å²) in [6.45, 7) is 0. The molecule has 2 rings (SSSR count). The maximum Gasteiger partial charge on any atom is 0.240 e. The van der Waals surface area contributed by atoms with E-state index in [4.69, 9.17) is 5.73 Å². The summed E-state index contributed by atoms with van der Waals surface area (Å²) in [6.07, 6.45) is 3.50. The molecule has 1 aliphatic rings. The van der Waals surface area contributed by atoms with Crippen molar-refractivity contribution in [3.8, 4) is 0 Å². The number of benzene rings is 1. The van der Waals surface area contributed by atoms with Gasteiger partial charge >= 0.3 is 0 Å². The molecule has 1 aliphatic carbocycles. The van der Waals surface area contributed by atoms with Gasteiger partial charge in [0.1, 0.15) is 5.82 Å². The van der Waals surface area contributed by atoms with Crippen molar-refractivity contribution < 1.29 is 12.8 Å². The molecule has 2 atom stereocenters. The topological polar surface area (TPSA) is 72.2 Å². The molecule has 0 aliphatic heterocycles. The van der Waals surface area contributed by atoms with E-state index in [0.29, 0.717) is 0 Å². The molecule has 106 valence electrons. The normalized spacial score (nSPS) is 24.4. The lowest BCUT2D eigenvalue weighted by atomic mass is 9.92. The van der Waals surface area contributed by atoms with Crippen LogP contribution in [-0.4, -0.2) is 20.5 Å². The standard InChI is InChI=1S/C12H16BrFN2O2S/c13-9-6-5-8(7-10(9)14)19(17,18)16-12-4-2-1-3-11(12)15/h5-7,11-12,16H,1-4,15H2/t11-,12-/m1/s1. The first-order valence-corrected chi connectivity index (χ1v) is 8.41. The predicted octanol–water partition coefficient (Wildman–Crippen LogP) is 2.14. The Morgan fingerprint density at radius 2 is 2.00 bits per heavy atom. The van der Waals surface area contributed by atoms with Gasteiger partial charge < -0.3 is 5.73 Å². The van der Waals surface area contributed by atoms with E-state index in [2.05, 4.69) is 20.7 Å². The second-order valence-corrected chi connectivity index (χ2v) is 7.32. The molecule has 0 spiro atoms. The van der Waals surface area contributed by atoms with E-state index in [1.54, 1.807) is 0 Å². The zero-order chi connectivity index (χ0) is 14.0. The molecule has 0 aromatic heterocycles. The van der Waals surface area contributed by atoms with Gasteiger partial charge in [-0.15, -0.1) is 0 Å². The van der Waals surface area contributed by atoms with Crippen molar-refractivity contribution in [2.75, 3.05) is 0 Å². The Labute approximate surface area is 120 Å². The average Bonchev–Trinajstić information content (AvgIpc) is 2.35. The van der Waals surface area contributed by atoms with Gasteiger partial charge in [-0.2, -0.15) is 0 Å². The van der Waals surface area contributed by atoms with E-state index in [0.717, 1.165) is 31.7 Å². The van der Waals surface area contributed by atoms with Gasteiger partial charge in [-0.25, -0.2) is 17.5 Å². The molecule has 0 unspecified atom stereocenters. The van der Waals surface area contributed by atoms with Crippen LogP contribution in [0.15, 0.2) is 27.6 Å². The van der Waals surface area contributed by atoms with E-state index in [1.165, 1.54) is 12.1 Å². The van der Waals surface area contributed by atoms with Gasteiger partial charge in [0.25, 0.3) is 0 Å². The number of hydrogen-bond acceptors (Lipinski definition) is 3. The van der Waals surface area contributed by atoms with Crippen LogP contribution in [0.1, 0.15) is 25.7 Å². The van der Waals surface area contributed by atoms with Gasteiger partial charge in [0.05, 0.1) is 9.37 Å². The van der Waals surface area contributed by atoms with E-state index < -0.39 is 15.8 Å². The van der Waals surface area contributed by atoms with Crippen LogP contribution in [0.4, 0.5) is 4.39 Å². The first kappa shape index (κ1) is 14.9. The first-order valence-electron chi connectivity index (χ1n) is 6.13. The lowest BCUT2D eigenvalue weighted by molar-refractivity contribution is 0.361. The molecule has 0 amide bonds. The minimum atomic E-state index is -3.72. The average molecular weight is 351 g/mol. The maximum atomic E-state index is 13.4. The largest absolute Gasteiger partial charge is 0.326 e. The molecule has 19 heavy (non-hydrogen) atoms. The second-order valence-electron chi connectivity index (χ2n) is 4.75. The van der Waals surface area contributed by atoms with Crippen molar-refractivity contribution in [2.24, 2.45) is 5.73 Å². The third-order valence-corrected chi connectivity index (χ3v) is 5.46. The van der Waals surface area contributed by atoms with Gasteiger partial charge in [-0.3, -0.25) is 0 Å². The molecule has 7 heteroatoms. The van der Waals surface area contributed by atoms with Crippen LogP contribution in [-0.2, 0) is 10.0 Å². The predicted molar refractivity (Wildman–Crippen MR) is 74.7 cm³/mol. The highest BCUT2D eigenvalue weighted by Gasteiger charge is 2.27. The van der Waals surface area contributed by atoms with Crippen molar-refractivity contribution in [3.63, 3.8) is 0 Å². The molecular formula is C12H16BrFN2O2S. The highest BCUT2D eigenvalue weighted by molar-refractivity contribution is 9.10. The SMILES string of the molecule is N[C@@H]1CCCC[C@H]1NS(=O)(=O)c1ccc(Br)c(F)c1. The van der Waals surface area contributed by atoms with Crippen molar-refractivity contribution in [1.82, 2.24) is 4.72 Å². The summed E-state index contributed by atoms with van der Waals surface area (Å²) in [7, 11) is -3.72. The number of hydrogen-bond donors (Lipinski definition) is 2. The molecule has 1 saturated carbocycles. The molecule has 0 radical (unpaired) electrons. The van der Waals surface area contributed by atoms with Crippen molar-refractivity contribution in [2.45, 2.75) is 42.7 Å². The third kappa shape index (κ3) is 3.53. The molecule has 1 aromatic carbocycles. The molecule has 0 heterocycles. The fourth-order valence-electron chi connectivity index (χ4n) is 2.22. The lowest BCUT2D eigenvalue weighted by Crippen LogP contribution is -2.49. The molecule has 0 bridgehead atoms. The molecule has 0 saturated heterocycles. The summed E-state index contributed by atoms with van der Waals surface area (Å²) in [5.41, 5.74) is 5.91. The van der Waals surface area contributed by atoms with Gasteiger partial charge in [-0.05, 0) is 47.0 Å². The quantitative estimate of drug-likeness (QED) is 0.876. The Hall–Kier alpha value is -0.500. The van der Waals surface area contributed by atoms with E-state index in [9.17, 15) is 12.8 Å². The van der Waals surface area contributed by atoms with Gasteiger partial charge in [0, 0.05) is 12.1 Å². The Morgan fingerprint density at radius 1 is 1.32 bits per heavy atom. The van der Waals surface area contributed by atoms with E-state index in [1.807, 2.05) is 0 Å². The number of nitrogens with one attached hydrogen (secondary N) is 1. The van der Waals surface area contributed by atoms with Crippen LogP contribution in [0.25, 0.3) is 0 Å². The number of nitrogens with two attached hydrogens (primary N) is 1. The summed E-state index contributed by atoms with van der Waals surface area (Å²) >= 11 is 2.99. The van der Waals surface area contributed by atoms with Gasteiger partial charge in [0.2, 0.25) is 10.0 Å². The highest BCUT2D eigenvalue weighted by Crippen LogP contribution is 2.22. The molecule has 1 fully saturated rings. The summed E-state index contributed by atoms with van der Waals surface area (Å²) in [6, 6.07) is 3.30. The van der Waals surface area contributed by atoms with Gasteiger partial charge in [0.15, 0.2) is 0 Å². The minimum absolute atomic E-state index is 0.0778. The molecule has 1 aromatic rings. The van der Waals surface area contributed by atoms with Crippen LogP contribution in [0.3, 0.4) is 0 Å². The Bertz CT molecular complexity index is 565. The second kappa shape index (κ2) is 5.87. The Morgan fingerprint density at radius 3 is 2.63 bits per heavy atom. The summed E-state index contributed by atoms with van der Waals surface area (Å²) < 4.78 is 40.5. The smallest absolute Gasteiger partial charge is 0.240 e. The first-order chi connectivity index (χ1) is 8.90. The van der Waals surface area contributed by atoms with Crippen LogP contribution in [0.5, 0.6) is 0 Å². The molecule has 4 nitrogen and oxygen atoms in total. The fourth-order valence-corrected chi connectivity index (χ4v) is 3.80. The van der Waals surface area contributed by atoms with Crippen LogP contribution < -0.4 is 10.5 Å². The fraction of sp³-hybridized carbons (Fsp3) is 0.500. The maximum absolute atomic E-state index is 13.4. The van der Waals surface area contributed by atoms with E-state index in [-0.39, 0.29) is 21.5 Å². The van der Waals surface area contributed by atoms with Crippen LogP contribution in [0, 0.1) is 5.82 Å². The number of halogens is 2. The summed E-state index contributed by atoms with van der Waals surface area (Å²) in [4.78, 5) is -0.0778. The third-order valence-electron chi connectivity index (χ3n) is 3.33. The van der Waals surface area contributed by atoms with Crippen molar-refractivity contribution >= 4 is 26.0 Å². The van der Waals surface area contributed by atoms with Crippen molar-refractivity contribution in [1.29, 1.82) is 0 Å². The number of rotatable bonds is 3. The zero-order valence-corrected chi connectivity index (χ0v) is 12.7. The Balaban J connectivity index is 2.19. The summed E-state index contributed by atoms with van der Waals surface area (Å²) in [5.74, 6) is -0.601. The molecule has 3 N–H and O–H groups in total. The minimum Gasteiger partial charge on any atom is -0.326 e. The summed E-state index contributed by atoms with van der Waals surface area (Å²) in [5, 5.41) is 0. The monoisotopic (exact) mass is 350 g/mol. The lowest BCUT2D eigenvalue weighted by Gasteiger charge is -2.29.